The second-order valence-corrected chi connectivity index (χ2v) is 6.22. The van der Waals surface area contributed by atoms with Crippen molar-refractivity contribution in [2.45, 2.75) is 39.7 Å². The van der Waals surface area contributed by atoms with Crippen molar-refractivity contribution in [1.82, 2.24) is 9.88 Å². The van der Waals surface area contributed by atoms with Gasteiger partial charge in [-0.15, -0.1) is 0 Å². The minimum atomic E-state index is -0.148. The number of hydrogen-bond donors (Lipinski definition) is 1. The number of anilines is 1. The summed E-state index contributed by atoms with van der Waals surface area (Å²) in [5, 5.41) is 3.42. The summed E-state index contributed by atoms with van der Waals surface area (Å²) in [5.74, 6) is 1.56. The molecule has 1 aromatic heterocycles. The highest BCUT2D eigenvalue weighted by Gasteiger charge is 2.28. The monoisotopic (exact) mass is 304 g/mol. The Kier molecular flexibility index (Phi) is 5.77. The summed E-state index contributed by atoms with van der Waals surface area (Å²) < 4.78 is 5.74. The van der Waals surface area contributed by atoms with Crippen molar-refractivity contribution < 1.29 is 4.74 Å². The molecule has 0 radical (unpaired) electrons. The van der Waals surface area contributed by atoms with Gasteiger partial charge >= 0.3 is 0 Å². The van der Waals surface area contributed by atoms with Crippen LogP contribution in [0.25, 0.3) is 0 Å². The first-order valence-electron chi connectivity index (χ1n) is 8.20. The van der Waals surface area contributed by atoms with Crippen LogP contribution in [0, 0.1) is 0 Å². The standard InChI is InChI=1S/C17H28N4O/c1-5-21(6-2)12-8-11-19-15-14(9-7-10-18-15)16-20-17(3,4)13-22-16/h7,9-10H,5-6,8,11-13H2,1-4H3,(H,18,19). The first-order valence-corrected chi connectivity index (χ1v) is 8.20. The zero-order valence-corrected chi connectivity index (χ0v) is 14.2. The van der Waals surface area contributed by atoms with Gasteiger partial charge in [0, 0.05) is 12.7 Å². The van der Waals surface area contributed by atoms with E-state index < -0.39 is 0 Å². The molecule has 0 atom stereocenters. The summed E-state index contributed by atoms with van der Waals surface area (Å²) in [6, 6.07) is 3.94. The highest BCUT2D eigenvalue weighted by atomic mass is 16.5. The molecule has 122 valence electrons. The quantitative estimate of drug-likeness (QED) is 0.750. The predicted octanol–water partition coefficient (Wildman–Crippen LogP) is 2.78. The van der Waals surface area contributed by atoms with Crippen LogP contribution in [0.4, 0.5) is 5.82 Å². The van der Waals surface area contributed by atoms with E-state index in [1.807, 2.05) is 12.1 Å². The lowest BCUT2D eigenvalue weighted by atomic mass is 10.1. The summed E-state index contributed by atoms with van der Waals surface area (Å²) in [7, 11) is 0. The minimum absolute atomic E-state index is 0.148. The molecule has 0 saturated heterocycles. The number of pyridine rings is 1. The third-order valence-electron chi connectivity index (χ3n) is 3.84. The van der Waals surface area contributed by atoms with Gasteiger partial charge in [-0.05, 0) is 52.0 Å². The first-order chi connectivity index (χ1) is 10.6. The zero-order valence-electron chi connectivity index (χ0n) is 14.2. The summed E-state index contributed by atoms with van der Waals surface area (Å²) >= 11 is 0. The van der Waals surface area contributed by atoms with Crippen LogP contribution in [0.1, 0.15) is 39.7 Å². The summed E-state index contributed by atoms with van der Waals surface area (Å²) in [6.07, 6.45) is 2.90. The first kappa shape index (κ1) is 16.7. The van der Waals surface area contributed by atoms with Crippen molar-refractivity contribution in [2.24, 2.45) is 4.99 Å². The number of rotatable bonds is 8. The number of nitrogens with one attached hydrogen (secondary N) is 1. The lowest BCUT2D eigenvalue weighted by Crippen LogP contribution is -2.25. The molecule has 1 aliphatic rings. The Hall–Kier alpha value is -1.62. The lowest BCUT2D eigenvalue weighted by Gasteiger charge is -2.18. The Labute approximate surface area is 133 Å². The molecule has 2 heterocycles. The molecule has 1 aromatic rings. The molecule has 5 nitrogen and oxygen atoms in total. The highest BCUT2D eigenvalue weighted by molar-refractivity contribution is 5.99. The third-order valence-corrected chi connectivity index (χ3v) is 3.84. The average Bonchev–Trinajstić information content (AvgIpc) is 2.88. The van der Waals surface area contributed by atoms with Gasteiger partial charge in [-0.1, -0.05) is 13.8 Å². The molecule has 0 aliphatic carbocycles. The molecule has 1 aliphatic heterocycles. The Balaban J connectivity index is 1.95. The number of aromatic nitrogens is 1. The molecule has 0 saturated carbocycles. The molecule has 22 heavy (non-hydrogen) atoms. The Morgan fingerprint density at radius 3 is 2.73 bits per heavy atom. The van der Waals surface area contributed by atoms with Gasteiger partial charge in [-0.3, -0.25) is 0 Å². The second-order valence-electron chi connectivity index (χ2n) is 6.22. The fourth-order valence-corrected chi connectivity index (χ4v) is 2.49. The van der Waals surface area contributed by atoms with Crippen molar-refractivity contribution in [2.75, 3.05) is 38.1 Å². The van der Waals surface area contributed by atoms with Crippen LogP contribution in [0.15, 0.2) is 23.3 Å². The van der Waals surface area contributed by atoms with E-state index in [4.69, 9.17) is 4.74 Å². The van der Waals surface area contributed by atoms with Gasteiger partial charge in [0.15, 0.2) is 0 Å². The number of nitrogens with zero attached hydrogens (tertiary/aromatic N) is 3. The Morgan fingerprint density at radius 1 is 1.32 bits per heavy atom. The van der Waals surface area contributed by atoms with Gasteiger partial charge in [0.1, 0.15) is 12.4 Å². The molecule has 5 heteroatoms. The molecule has 2 rings (SSSR count). The smallest absolute Gasteiger partial charge is 0.220 e. The molecule has 1 N–H and O–H groups in total. The van der Waals surface area contributed by atoms with Crippen LogP contribution < -0.4 is 5.32 Å². The molecule has 0 spiro atoms. The van der Waals surface area contributed by atoms with Gasteiger partial charge < -0.3 is 15.0 Å². The van der Waals surface area contributed by atoms with E-state index in [0.717, 1.165) is 44.0 Å². The SMILES string of the molecule is CCN(CC)CCCNc1ncccc1C1=NC(C)(C)CO1. The van der Waals surface area contributed by atoms with E-state index in [1.165, 1.54) is 0 Å². The molecular weight excluding hydrogens is 276 g/mol. The minimum Gasteiger partial charge on any atom is -0.475 e. The van der Waals surface area contributed by atoms with Crippen LogP contribution in [0.2, 0.25) is 0 Å². The molecule has 0 aromatic carbocycles. The fourth-order valence-electron chi connectivity index (χ4n) is 2.49. The second kappa shape index (κ2) is 7.58. The average molecular weight is 304 g/mol. The largest absolute Gasteiger partial charge is 0.475 e. The van der Waals surface area contributed by atoms with Crippen molar-refractivity contribution in [3.05, 3.63) is 23.9 Å². The van der Waals surface area contributed by atoms with Crippen LogP contribution in [-0.2, 0) is 4.74 Å². The van der Waals surface area contributed by atoms with E-state index in [2.05, 4.69) is 47.9 Å². The van der Waals surface area contributed by atoms with Gasteiger partial charge in [-0.2, -0.15) is 0 Å². The summed E-state index contributed by atoms with van der Waals surface area (Å²) in [6.45, 7) is 13.4. The van der Waals surface area contributed by atoms with Crippen LogP contribution in [0.3, 0.4) is 0 Å². The Bertz CT molecular complexity index is 509. The maximum atomic E-state index is 5.74. The van der Waals surface area contributed by atoms with Crippen LogP contribution >= 0.6 is 0 Å². The predicted molar refractivity (Wildman–Crippen MR) is 91.7 cm³/mol. The molecule has 0 bridgehead atoms. The number of ether oxygens (including phenoxy) is 1. The number of hydrogen-bond acceptors (Lipinski definition) is 5. The van der Waals surface area contributed by atoms with Gasteiger partial charge in [0.25, 0.3) is 0 Å². The van der Waals surface area contributed by atoms with Crippen LogP contribution in [-0.4, -0.2) is 54.1 Å². The molecule has 0 unspecified atom stereocenters. The molecule has 0 amide bonds. The van der Waals surface area contributed by atoms with Gasteiger partial charge in [0.05, 0.1) is 11.1 Å². The number of aliphatic imine (C=N–C) groups is 1. The Morgan fingerprint density at radius 2 is 2.09 bits per heavy atom. The fraction of sp³-hybridized carbons (Fsp3) is 0.647. The topological polar surface area (TPSA) is 49.8 Å². The summed E-state index contributed by atoms with van der Waals surface area (Å²) in [4.78, 5) is 11.5. The maximum Gasteiger partial charge on any atom is 0.220 e. The van der Waals surface area contributed by atoms with E-state index in [-0.39, 0.29) is 5.54 Å². The van der Waals surface area contributed by atoms with Crippen molar-refractivity contribution in [1.29, 1.82) is 0 Å². The summed E-state index contributed by atoms with van der Waals surface area (Å²) in [5.41, 5.74) is 0.807. The third kappa shape index (κ3) is 4.44. The van der Waals surface area contributed by atoms with E-state index in [9.17, 15) is 0 Å². The van der Waals surface area contributed by atoms with Crippen molar-refractivity contribution in [3.63, 3.8) is 0 Å². The van der Waals surface area contributed by atoms with Gasteiger partial charge in [0.2, 0.25) is 5.90 Å². The normalized spacial score (nSPS) is 16.5. The highest BCUT2D eigenvalue weighted by Crippen LogP contribution is 2.23. The van der Waals surface area contributed by atoms with Crippen molar-refractivity contribution >= 4 is 11.7 Å². The lowest BCUT2D eigenvalue weighted by molar-refractivity contribution is 0.279. The molecule has 0 fully saturated rings. The van der Waals surface area contributed by atoms with E-state index in [0.29, 0.717) is 12.5 Å². The van der Waals surface area contributed by atoms with Crippen LogP contribution in [0.5, 0.6) is 0 Å². The molecular formula is C17H28N4O. The van der Waals surface area contributed by atoms with E-state index in [1.54, 1.807) is 6.20 Å². The van der Waals surface area contributed by atoms with Crippen molar-refractivity contribution in [3.8, 4) is 0 Å². The van der Waals surface area contributed by atoms with E-state index >= 15 is 0 Å². The zero-order chi connectivity index (χ0) is 16.0. The maximum absolute atomic E-state index is 5.74. The van der Waals surface area contributed by atoms with Gasteiger partial charge in [-0.25, -0.2) is 9.98 Å².